The summed E-state index contributed by atoms with van der Waals surface area (Å²) in [6.45, 7) is 0.811. The first-order valence-corrected chi connectivity index (χ1v) is 9.47. The number of urea groups is 1. The first kappa shape index (κ1) is 22.3. The van der Waals surface area contributed by atoms with E-state index in [1.54, 1.807) is 36.4 Å². The Balaban J connectivity index is 1.62. The van der Waals surface area contributed by atoms with Crippen LogP contribution in [0.4, 0.5) is 15.3 Å². The number of benzene rings is 2. The third-order valence-corrected chi connectivity index (χ3v) is 4.72. The second-order valence-corrected chi connectivity index (χ2v) is 7.08. The SMILES string of the molecule is C[C@@]1(c2ccc(NC(N)=NC(=O)OCc3ccccc3)cc2)NC(=O)N(CC(=O)O)C1=O. The number of carboxylic acid groups (broad SMARTS) is 1. The van der Waals surface area contributed by atoms with E-state index in [2.05, 4.69) is 15.6 Å². The number of aliphatic carboxylic acids is 1. The summed E-state index contributed by atoms with van der Waals surface area (Å²) in [6.07, 6.45) is -0.860. The van der Waals surface area contributed by atoms with Crippen LogP contribution in [0.25, 0.3) is 0 Å². The van der Waals surface area contributed by atoms with Gasteiger partial charge in [0.25, 0.3) is 5.91 Å². The number of amides is 4. The van der Waals surface area contributed by atoms with Crippen molar-refractivity contribution in [1.29, 1.82) is 0 Å². The number of nitrogens with one attached hydrogen (secondary N) is 2. The van der Waals surface area contributed by atoms with Gasteiger partial charge in [-0.1, -0.05) is 42.5 Å². The highest BCUT2D eigenvalue weighted by Crippen LogP contribution is 2.29. The number of nitrogens with zero attached hydrogens (tertiary/aromatic N) is 2. The molecule has 0 spiro atoms. The summed E-state index contributed by atoms with van der Waals surface area (Å²) in [5, 5.41) is 14.1. The lowest BCUT2D eigenvalue weighted by molar-refractivity contribution is -0.142. The quantitative estimate of drug-likeness (QED) is 0.299. The number of aliphatic imine (C=N–C) groups is 1. The van der Waals surface area contributed by atoms with Crippen molar-refractivity contribution in [2.24, 2.45) is 10.7 Å². The molecule has 0 radical (unpaired) electrons. The summed E-state index contributed by atoms with van der Waals surface area (Å²) in [5.74, 6) is -2.16. The number of hydrogen-bond donors (Lipinski definition) is 4. The van der Waals surface area contributed by atoms with Gasteiger partial charge in [-0.05, 0) is 30.2 Å². The van der Waals surface area contributed by atoms with Crippen molar-refractivity contribution < 1.29 is 29.0 Å². The van der Waals surface area contributed by atoms with E-state index in [0.717, 1.165) is 5.56 Å². The van der Waals surface area contributed by atoms with E-state index in [4.69, 9.17) is 15.6 Å². The number of anilines is 1. The molecule has 0 saturated carbocycles. The van der Waals surface area contributed by atoms with E-state index in [0.29, 0.717) is 16.2 Å². The lowest BCUT2D eigenvalue weighted by Crippen LogP contribution is -2.41. The van der Waals surface area contributed by atoms with Gasteiger partial charge in [0.15, 0.2) is 0 Å². The Labute approximate surface area is 182 Å². The van der Waals surface area contributed by atoms with Gasteiger partial charge >= 0.3 is 18.1 Å². The second kappa shape index (κ2) is 9.16. The third-order valence-electron chi connectivity index (χ3n) is 4.72. The van der Waals surface area contributed by atoms with Crippen molar-refractivity contribution in [2.45, 2.75) is 19.1 Å². The standard InChI is InChI=1S/C21H21N5O6/c1-21(17(29)26(11-16(27)28)19(30)25-21)14-7-9-15(10-8-14)23-18(22)24-20(31)32-12-13-5-3-2-4-6-13/h2-10H,11-12H2,1H3,(H,25,30)(H,27,28)(H3,22,23,24,31)/t21-/m0/s1. The van der Waals surface area contributed by atoms with Crippen molar-refractivity contribution >= 4 is 35.6 Å². The van der Waals surface area contributed by atoms with Crippen molar-refractivity contribution in [3.05, 3.63) is 65.7 Å². The molecule has 2 aromatic carbocycles. The fourth-order valence-corrected chi connectivity index (χ4v) is 3.08. The molecule has 11 heteroatoms. The average Bonchev–Trinajstić information content (AvgIpc) is 2.97. The number of carboxylic acids is 1. The van der Waals surface area contributed by atoms with Gasteiger partial charge in [0.2, 0.25) is 5.96 Å². The van der Waals surface area contributed by atoms with Crippen LogP contribution in [-0.2, 0) is 26.5 Å². The highest BCUT2D eigenvalue weighted by atomic mass is 16.5. The van der Waals surface area contributed by atoms with E-state index in [9.17, 15) is 19.2 Å². The third kappa shape index (κ3) is 5.01. The number of guanidine groups is 1. The maximum absolute atomic E-state index is 12.6. The monoisotopic (exact) mass is 439 g/mol. The van der Waals surface area contributed by atoms with Gasteiger partial charge in [-0.15, -0.1) is 4.99 Å². The molecule has 0 unspecified atom stereocenters. The number of carbonyl (C=O) groups is 4. The molecule has 1 atom stereocenters. The molecule has 1 fully saturated rings. The van der Waals surface area contributed by atoms with Gasteiger partial charge in [0.1, 0.15) is 18.7 Å². The first-order chi connectivity index (χ1) is 15.2. The Morgan fingerprint density at radius 3 is 2.44 bits per heavy atom. The van der Waals surface area contributed by atoms with Crippen LogP contribution in [0, 0.1) is 0 Å². The van der Waals surface area contributed by atoms with Crippen LogP contribution in [0.3, 0.4) is 0 Å². The van der Waals surface area contributed by atoms with Crippen molar-refractivity contribution in [3.8, 4) is 0 Å². The number of hydrogen-bond acceptors (Lipinski definition) is 5. The second-order valence-electron chi connectivity index (χ2n) is 7.08. The number of carbonyl (C=O) groups excluding carboxylic acids is 3. The molecule has 1 heterocycles. The zero-order valence-corrected chi connectivity index (χ0v) is 17.1. The summed E-state index contributed by atoms with van der Waals surface area (Å²) < 4.78 is 5.03. The minimum atomic E-state index is -1.41. The molecule has 2 aromatic rings. The summed E-state index contributed by atoms with van der Waals surface area (Å²) in [6, 6.07) is 14.6. The Kier molecular flexibility index (Phi) is 6.38. The Morgan fingerprint density at radius 2 is 1.81 bits per heavy atom. The fraction of sp³-hybridized carbons (Fsp3) is 0.190. The first-order valence-electron chi connectivity index (χ1n) is 9.47. The summed E-state index contributed by atoms with van der Waals surface area (Å²) >= 11 is 0. The van der Waals surface area contributed by atoms with Gasteiger partial charge < -0.3 is 26.2 Å². The molecule has 4 amide bonds. The molecule has 0 aliphatic carbocycles. The van der Waals surface area contributed by atoms with Gasteiger partial charge in [-0.3, -0.25) is 14.5 Å². The van der Waals surface area contributed by atoms with Gasteiger partial charge in [-0.2, -0.15) is 0 Å². The number of nitrogens with two attached hydrogens (primary N) is 1. The zero-order valence-electron chi connectivity index (χ0n) is 17.1. The van der Waals surface area contributed by atoms with Crippen molar-refractivity contribution in [3.63, 3.8) is 0 Å². The normalized spacial score (nSPS) is 18.3. The molecule has 1 saturated heterocycles. The molecule has 32 heavy (non-hydrogen) atoms. The Hall–Kier alpha value is -4.41. The summed E-state index contributed by atoms with van der Waals surface area (Å²) in [5.41, 5.74) is 6.03. The Morgan fingerprint density at radius 1 is 1.16 bits per heavy atom. The molecule has 166 valence electrons. The van der Waals surface area contributed by atoms with Crippen LogP contribution in [0.1, 0.15) is 18.1 Å². The lowest BCUT2D eigenvalue weighted by Gasteiger charge is -2.22. The van der Waals surface area contributed by atoms with Crippen LogP contribution in [0.5, 0.6) is 0 Å². The van der Waals surface area contributed by atoms with Crippen LogP contribution in [0.15, 0.2) is 59.6 Å². The van der Waals surface area contributed by atoms with E-state index in [1.165, 1.54) is 6.92 Å². The average molecular weight is 439 g/mol. The van der Waals surface area contributed by atoms with Crippen molar-refractivity contribution in [2.75, 3.05) is 11.9 Å². The van der Waals surface area contributed by atoms with E-state index in [-0.39, 0.29) is 12.6 Å². The molecule has 3 rings (SSSR count). The highest BCUT2D eigenvalue weighted by molar-refractivity contribution is 6.08. The summed E-state index contributed by atoms with van der Waals surface area (Å²) in [4.78, 5) is 51.6. The maximum atomic E-state index is 12.6. The molecule has 11 nitrogen and oxygen atoms in total. The number of rotatable bonds is 6. The minimum Gasteiger partial charge on any atom is -0.480 e. The smallest absolute Gasteiger partial charge is 0.437 e. The largest absolute Gasteiger partial charge is 0.480 e. The van der Waals surface area contributed by atoms with Crippen LogP contribution < -0.4 is 16.4 Å². The number of ether oxygens (including phenoxy) is 1. The highest BCUT2D eigenvalue weighted by Gasteiger charge is 2.49. The molecular formula is C21H21N5O6. The van der Waals surface area contributed by atoms with E-state index in [1.807, 2.05) is 18.2 Å². The molecule has 0 bridgehead atoms. The fourth-order valence-electron chi connectivity index (χ4n) is 3.08. The van der Waals surface area contributed by atoms with E-state index < -0.39 is 36.1 Å². The molecule has 1 aliphatic heterocycles. The van der Waals surface area contributed by atoms with Crippen molar-refractivity contribution in [1.82, 2.24) is 10.2 Å². The van der Waals surface area contributed by atoms with Crippen LogP contribution in [-0.4, -0.2) is 46.5 Å². The zero-order chi connectivity index (χ0) is 23.3. The summed E-state index contributed by atoms with van der Waals surface area (Å²) in [7, 11) is 0. The minimum absolute atomic E-state index is 0.0579. The molecular weight excluding hydrogens is 418 g/mol. The topological polar surface area (TPSA) is 163 Å². The van der Waals surface area contributed by atoms with Crippen LogP contribution >= 0.6 is 0 Å². The van der Waals surface area contributed by atoms with Crippen LogP contribution in [0.2, 0.25) is 0 Å². The maximum Gasteiger partial charge on any atom is 0.437 e. The number of imide groups is 1. The molecule has 1 aliphatic rings. The predicted molar refractivity (Wildman–Crippen MR) is 114 cm³/mol. The van der Waals surface area contributed by atoms with Gasteiger partial charge in [-0.25, -0.2) is 9.59 Å². The predicted octanol–water partition coefficient (Wildman–Crippen LogP) is 1.60. The Bertz CT molecular complexity index is 1070. The molecule has 0 aromatic heterocycles. The molecule has 5 N–H and O–H groups in total. The lowest BCUT2D eigenvalue weighted by atomic mass is 9.92. The van der Waals surface area contributed by atoms with E-state index >= 15 is 0 Å². The van der Waals surface area contributed by atoms with Gasteiger partial charge in [0.05, 0.1) is 0 Å². The van der Waals surface area contributed by atoms with Gasteiger partial charge in [0, 0.05) is 5.69 Å².